The highest BCUT2D eigenvalue weighted by atomic mass is 79.9. The van der Waals surface area contributed by atoms with Gasteiger partial charge in [0.2, 0.25) is 0 Å². The number of nitrogens with one attached hydrogen (secondary N) is 1. The van der Waals surface area contributed by atoms with E-state index in [1.54, 1.807) is 18.2 Å². The van der Waals surface area contributed by atoms with Crippen LogP contribution in [0.25, 0.3) is 33.3 Å². The Bertz CT molecular complexity index is 1420. The van der Waals surface area contributed by atoms with Gasteiger partial charge in [-0.3, -0.25) is 4.98 Å². The molecule has 1 N–H and O–H groups in total. The van der Waals surface area contributed by atoms with Gasteiger partial charge in [-0.05, 0) is 30.7 Å². The molecule has 3 aromatic heterocycles. The number of nitrogens with zero attached hydrogens (tertiary/aromatic N) is 2. The molecular formula is C21H16BrClF3N3O2S. The third kappa shape index (κ3) is 4.35. The average Bonchev–Trinajstić information content (AvgIpc) is 3.10. The van der Waals surface area contributed by atoms with Crippen LogP contribution in [-0.4, -0.2) is 40.3 Å². The lowest BCUT2D eigenvalue weighted by Crippen LogP contribution is -2.07. The van der Waals surface area contributed by atoms with E-state index in [0.29, 0.717) is 39.7 Å². The quantitative estimate of drug-likeness (QED) is 0.313. The summed E-state index contributed by atoms with van der Waals surface area (Å²) in [7, 11) is -3.46. The molecule has 0 unspecified atom stereocenters. The molecule has 0 aliphatic carbocycles. The molecule has 32 heavy (non-hydrogen) atoms. The van der Waals surface area contributed by atoms with Crippen molar-refractivity contribution >= 4 is 59.3 Å². The van der Waals surface area contributed by atoms with E-state index >= 15 is 0 Å². The van der Waals surface area contributed by atoms with Crippen LogP contribution in [0.4, 0.5) is 13.2 Å². The summed E-state index contributed by atoms with van der Waals surface area (Å²) in [5, 5.41) is 1.05. The average molecular weight is 547 g/mol. The molecule has 1 aromatic carbocycles. The second-order valence-corrected chi connectivity index (χ2v) is 10.4. The number of hydrogen-bond acceptors (Lipinski definition) is 4. The number of pyridine rings is 2. The third-order valence-electron chi connectivity index (χ3n) is 5.03. The number of alkyl halides is 5. The van der Waals surface area contributed by atoms with Crippen molar-refractivity contribution < 1.29 is 21.6 Å². The predicted molar refractivity (Wildman–Crippen MR) is 122 cm³/mol. The molecule has 4 aromatic rings. The molecule has 5 nitrogen and oxygen atoms in total. The number of aryl methyl sites for hydroxylation is 1. The number of halogens is 5. The molecule has 11 heteroatoms. The highest BCUT2D eigenvalue weighted by Gasteiger charge is 2.31. The number of H-pyrrole nitrogens is 1. The lowest BCUT2D eigenvalue weighted by molar-refractivity contribution is -0.137. The zero-order valence-corrected chi connectivity index (χ0v) is 19.5. The van der Waals surface area contributed by atoms with Gasteiger partial charge in [0, 0.05) is 28.4 Å². The zero-order chi connectivity index (χ0) is 23.1. The Kier molecular flexibility index (Phi) is 6.21. The summed E-state index contributed by atoms with van der Waals surface area (Å²) >= 11 is 9.08. The lowest BCUT2D eigenvalue weighted by Gasteiger charge is -2.07. The molecule has 4 rings (SSSR count). The topological polar surface area (TPSA) is 75.7 Å². The highest BCUT2D eigenvalue weighted by Crippen LogP contribution is 2.34. The van der Waals surface area contributed by atoms with Crippen LogP contribution in [0.3, 0.4) is 0 Å². The van der Waals surface area contributed by atoms with E-state index in [9.17, 15) is 21.6 Å². The van der Waals surface area contributed by atoms with Crippen molar-refractivity contribution in [1.82, 2.24) is 15.0 Å². The smallest absolute Gasteiger partial charge is 0.352 e. The summed E-state index contributed by atoms with van der Waals surface area (Å²) < 4.78 is 64.2. The summed E-state index contributed by atoms with van der Waals surface area (Å²) in [6, 6.07) is 9.23. The van der Waals surface area contributed by atoms with Gasteiger partial charge in [0.15, 0.2) is 9.84 Å². The van der Waals surface area contributed by atoms with Gasteiger partial charge < -0.3 is 4.98 Å². The fourth-order valence-electron chi connectivity index (χ4n) is 3.49. The number of hydrogen-bond donors (Lipinski definition) is 1. The highest BCUT2D eigenvalue weighted by molar-refractivity contribution is 9.09. The van der Waals surface area contributed by atoms with Crippen molar-refractivity contribution in [3.63, 3.8) is 0 Å². The molecule has 0 spiro atoms. The molecule has 3 heterocycles. The van der Waals surface area contributed by atoms with Crippen molar-refractivity contribution in [3.05, 3.63) is 53.7 Å². The van der Waals surface area contributed by atoms with Gasteiger partial charge in [0.1, 0.15) is 0 Å². The maximum Gasteiger partial charge on any atom is 0.417 e. The summed E-state index contributed by atoms with van der Waals surface area (Å²) in [5.41, 5.74) is 1.83. The summed E-state index contributed by atoms with van der Waals surface area (Å²) in [4.78, 5) is 11.8. The Morgan fingerprint density at radius 1 is 1.12 bits per heavy atom. The molecule has 0 aliphatic heterocycles. The van der Waals surface area contributed by atoms with Crippen LogP contribution in [0.2, 0.25) is 0 Å². The van der Waals surface area contributed by atoms with Crippen LogP contribution in [0.5, 0.6) is 0 Å². The molecule has 0 bridgehead atoms. The normalized spacial score (nSPS) is 12.7. The summed E-state index contributed by atoms with van der Waals surface area (Å²) in [5.74, 6) is 0.193. The Hall–Kier alpha value is -2.17. The monoisotopic (exact) mass is 545 g/mol. The van der Waals surface area contributed by atoms with E-state index in [4.69, 9.17) is 11.6 Å². The Balaban J connectivity index is 1.88. The van der Waals surface area contributed by atoms with E-state index in [1.807, 2.05) is 0 Å². The maximum atomic E-state index is 13.1. The Morgan fingerprint density at radius 2 is 1.88 bits per heavy atom. The largest absolute Gasteiger partial charge is 0.417 e. The molecule has 0 amide bonds. The number of fused-ring (bicyclic) bond motifs is 2. The molecule has 0 atom stereocenters. The fraction of sp³-hybridized carbons (Fsp3) is 0.238. The van der Waals surface area contributed by atoms with Crippen molar-refractivity contribution in [2.75, 3.05) is 17.0 Å². The SMILES string of the molecule is O=S(=O)(CCBr)c1ccc2ccc(-c3[nH]c4cc(C(F)(F)F)cnc4c3CCCl)nc2c1. The first kappa shape index (κ1) is 23.0. The van der Waals surface area contributed by atoms with Crippen molar-refractivity contribution in [3.8, 4) is 11.4 Å². The van der Waals surface area contributed by atoms with E-state index in [2.05, 4.69) is 30.9 Å². The number of sulfone groups is 1. The predicted octanol–water partition coefficient (Wildman–Crippen LogP) is 5.75. The second kappa shape index (κ2) is 8.64. The standard InChI is InChI=1S/C21H16BrClF3N3O2S/c22-6-8-32(30,31)14-3-1-12-2-4-16(28-17(12)10-14)20-15(5-7-23)19-18(29-20)9-13(11-27-19)21(24,25)26/h1-4,9-11,29H,5-8H2. The Morgan fingerprint density at radius 3 is 2.56 bits per heavy atom. The number of benzene rings is 1. The lowest BCUT2D eigenvalue weighted by atomic mass is 10.1. The molecule has 0 aliphatic rings. The van der Waals surface area contributed by atoms with E-state index in [0.717, 1.165) is 17.6 Å². The van der Waals surface area contributed by atoms with Crippen molar-refractivity contribution in [2.45, 2.75) is 17.5 Å². The van der Waals surface area contributed by atoms with E-state index < -0.39 is 21.6 Å². The van der Waals surface area contributed by atoms with E-state index in [-0.39, 0.29) is 22.0 Å². The molecule has 0 saturated heterocycles. The minimum Gasteiger partial charge on any atom is -0.352 e. The number of aromatic nitrogens is 3. The number of rotatable bonds is 6. The van der Waals surface area contributed by atoms with Crippen LogP contribution in [-0.2, 0) is 22.4 Å². The first-order valence-corrected chi connectivity index (χ1v) is 12.8. The first-order valence-electron chi connectivity index (χ1n) is 9.47. The van der Waals surface area contributed by atoms with E-state index in [1.165, 1.54) is 12.1 Å². The van der Waals surface area contributed by atoms with Crippen molar-refractivity contribution in [1.29, 1.82) is 0 Å². The van der Waals surface area contributed by atoms with Crippen LogP contribution in [0.1, 0.15) is 11.1 Å². The molecule has 0 saturated carbocycles. The van der Waals surface area contributed by atoms with Gasteiger partial charge in [-0.25, -0.2) is 13.4 Å². The van der Waals surface area contributed by atoms with Crippen LogP contribution >= 0.6 is 27.5 Å². The second-order valence-electron chi connectivity index (χ2n) is 7.09. The van der Waals surface area contributed by atoms with Gasteiger partial charge >= 0.3 is 6.18 Å². The van der Waals surface area contributed by atoms with Crippen molar-refractivity contribution in [2.24, 2.45) is 0 Å². The van der Waals surface area contributed by atoms with Gasteiger partial charge in [0.05, 0.1) is 44.1 Å². The van der Waals surface area contributed by atoms with Gasteiger partial charge in [0.25, 0.3) is 0 Å². The zero-order valence-electron chi connectivity index (χ0n) is 16.4. The summed E-state index contributed by atoms with van der Waals surface area (Å²) in [6.07, 6.45) is -3.35. The molecular weight excluding hydrogens is 531 g/mol. The van der Waals surface area contributed by atoms with Crippen LogP contribution in [0.15, 0.2) is 47.5 Å². The molecule has 0 fully saturated rings. The van der Waals surface area contributed by atoms with Crippen LogP contribution < -0.4 is 0 Å². The first-order chi connectivity index (χ1) is 15.1. The van der Waals surface area contributed by atoms with Gasteiger partial charge in [-0.2, -0.15) is 13.2 Å². The van der Waals surface area contributed by atoms with Gasteiger partial charge in [-0.1, -0.05) is 28.1 Å². The maximum absolute atomic E-state index is 13.1. The minimum atomic E-state index is -4.52. The molecule has 0 radical (unpaired) electrons. The molecule has 168 valence electrons. The fourth-order valence-corrected chi connectivity index (χ4v) is 5.96. The van der Waals surface area contributed by atoms with Crippen LogP contribution in [0, 0.1) is 0 Å². The minimum absolute atomic E-state index is 0.0483. The summed E-state index contributed by atoms with van der Waals surface area (Å²) in [6.45, 7) is 0. The van der Waals surface area contributed by atoms with Gasteiger partial charge in [-0.15, -0.1) is 11.6 Å². The third-order valence-corrected chi connectivity index (χ3v) is 7.86. The number of aromatic amines is 1. The Labute approximate surface area is 195 Å².